The zero-order valence-electron chi connectivity index (χ0n) is 9.93. The van der Waals surface area contributed by atoms with E-state index < -0.39 is 5.97 Å². The van der Waals surface area contributed by atoms with E-state index in [0.717, 1.165) is 12.2 Å². The normalized spacial score (nSPS) is 14.6. The molecule has 0 bridgehead atoms. The number of hydrogen-bond acceptors (Lipinski definition) is 3. The maximum Gasteiger partial charge on any atom is 0.335 e. The lowest BCUT2D eigenvalue weighted by atomic mass is 10.2. The highest BCUT2D eigenvalue weighted by molar-refractivity contribution is 5.88. The van der Waals surface area contributed by atoms with Crippen molar-refractivity contribution in [2.45, 2.75) is 18.9 Å². The Hall–Kier alpha value is -1.55. The number of rotatable bonds is 6. The summed E-state index contributed by atoms with van der Waals surface area (Å²) in [6, 6.07) is 7.65. The Morgan fingerprint density at radius 1 is 1.53 bits per heavy atom. The van der Waals surface area contributed by atoms with E-state index in [2.05, 4.69) is 4.90 Å². The summed E-state index contributed by atoms with van der Waals surface area (Å²) in [6.45, 7) is 1.47. The molecule has 0 saturated heterocycles. The van der Waals surface area contributed by atoms with Gasteiger partial charge in [0.2, 0.25) is 0 Å². The highest BCUT2D eigenvalue weighted by Crippen LogP contribution is 2.31. The van der Waals surface area contributed by atoms with Crippen molar-refractivity contribution >= 4 is 11.7 Å². The lowest BCUT2D eigenvalue weighted by Gasteiger charge is -2.24. The highest BCUT2D eigenvalue weighted by Gasteiger charge is 2.29. The van der Waals surface area contributed by atoms with Crippen LogP contribution in [-0.4, -0.2) is 37.4 Å². The fourth-order valence-electron chi connectivity index (χ4n) is 1.92. The summed E-state index contributed by atoms with van der Waals surface area (Å²) in [5.41, 5.74) is 1.31. The van der Waals surface area contributed by atoms with Gasteiger partial charge >= 0.3 is 5.97 Å². The second-order valence-electron chi connectivity index (χ2n) is 4.27. The molecule has 1 saturated carbocycles. The van der Waals surface area contributed by atoms with Crippen LogP contribution in [0.25, 0.3) is 0 Å². The minimum atomic E-state index is -0.880. The first kappa shape index (κ1) is 11.9. The Morgan fingerprint density at radius 3 is 2.88 bits per heavy atom. The summed E-state index contributed by atoms with van der Waals surface area (Å²) < 4.78 is 5.09. The van der Waals surface area contributed by atoms with Gasteiger partial charge in [-0.15, -0.1) is 0 Å². The molecular formula is C13H17NO3. The minimum absolute atomic E-state index is 0.338. The molecule has 0 heterocycles. The van der Waals surface area contributed by atoms with E-state index in [1.165, 1.54) is 12.8 Å². The monoisotopic (exact) mass is 235 g/mol. The van der Waals surface area contributed by atoms with Crippen LogP contribution in [0.3, 0.4) is 0 Å². The van der Waals surface area contributed by atoms with E-state index >= 15 is 0 Å². The number of anilines is 1. The topological polar surface area (TPSA) is 49.8 Å². The number of benzene rings is 1. The van der Waals surface area contributed by atoms with Crippen LogP contribution in [0.2, 0.25) is 0 Å². The molecule has 1 fully saturated rings. The predicted octanol–water partition coefficient (Wildman–Crippen LogP) is 2.00. The molecule has 1 aromatic rings. The maximum absolute atomic E-state index is 10.9. The van der Waals surface area contributed by atoms with Crippen LogP contribution in [0.4, 0.5) is 5.69 Å². The van der Waals surface area contributed by atoms with Gasteiger partial charge in [0.05, 0.1) is 12.2 Å². The third kappa shape index (κ3) is 2.97. The summed E-state index contributed by atoms with van der Waals surface area (Å²) in [5, 5.41) is 8.98. The van der Waals surface area contributed by atoms with Crippen molar-refractivity contribution in [1.82, 2.24) is 0 Å². The number of hydrogen-bond donors (Lipinski definition) is 1. The molecule has 0 unspecified atom stereocenters. The van der Waals surface area contributed by atoms with E-state index in [1.807, 2.05) is 6.07 Å². The smallest absolute Gasteiger partial charge is 0.335 e. The Bertz CT molecular complexity index is 401. The molecule has 1 aliphatic carbocycles. The van der Waals surface area contributed by atoms with Crippen LogP contribution in [0.1, 0.15) is 23.2 Å². The fourth-order valence-corrected chi connectivity index (χ4v) is 1.92. The molecular weight excluding hydrogens is 218 g/mol. The van der Waals surface area contributed by atoms with Gasteiger partial charge in [-0.2, -0.15) is 0 Å². The zero-order chi connectivity index (χ0) is 12.3. The Labute approximate surface area is 101 Å². The van der Waals surface area contributed by atoms with Crippen molar-refractivity contribution in [3.05, 3.63) is 29.8 Å². The lowest BCUT2D eigenvalue weighted by molar-refractivity contribution is 0.0697. The molecule has 92 valence electrons. The number of carboxylic acid groups (broad SMARTS) is 1. The molecule has 0 spiro atoms. The molecule has 1 aromatic carbocycles. The third-order valence-corrected chi connectivity index (χ3v) is 2.95. The summed E-state index contributed by atoms with van der Waals surface area (Å²) in [6.07, 6.45) is 2.36. The Kier molecular flexibility index (Phi) is 3.64. The molecule has 0 amide bonds. The number of carbonyl (C=O) groups is 1. The fraction of sp³-hybridized carbons (Fsp3) is 0.462. The first-order valence-corrected chi connectivity index (χ1v) is 5.81. The number of carboxylic acids is 1. The minimum Gasteiger partial charge on any atom is -0.478 e. The van der Waals surface area contributed by atoms with Crippen LogP contribution in [0.5, 0.6) is 0 Å². The summed E-state index contributed by atoms with van der Waals surface area (Å²) >= 11 is 0. The Morgan fingerprint density at radius 2 is 2.29 bits per heavy atom. The van der Waals surface area contributed by atoms with Gasteiger partial charge in [0.15, 0.2) is 0 Å². The van der Waals surface area contributed by atoms with Gasteiger partial charge in [0.25, 0.3) is 0 Å². The average Bonchev–Trinajstić information content (AvgIpc) is 3.14. The molecule has 0 radical (unpaired) electrons. The number of nitrogens with zero attached hydrogens (tertiary/aromatic N) is 1. The zero-order valence-corrected chi connectivity index (χ0v) is 9.93. The molecule has 0 atom stereocenters. The van der Waals surface area contributed by atoms with Crippen LogP contribution in [0.15, 0.2) is 24.3 Å². The summed E-state index contributed by atoms with van der Waals surface area (Å²) in [7, 11) is 1.68. The molecule has 0 aliphatic heterocycles. The number of methoxy groups -OCH3 is 1. The summed E-state index contributed by atoms with van der Waals surface area (Å²) in [4.78, 5) is 13.2. The Balaban J connectivity index is 2.16. The van der Waals surface area contributed by atoms with Gasteiger partial charge in [-0.05, 0) is 31.0 Å². The number of aromatic carboxylic acids is 1. The van der Waals surface area contributed by atoms with Crippen LogP contribution < -0.4 is 4.90 Å². The maximum atomic E-state index is 10.9. The van der Waals surface area contributed by atoms with Crippen molar-refractivity contribution in [3.63, 3.8) is 0 Å². The molecule has 4 heteroatoms. The van der Waals surface area contributed by atoms with Crippen molar-refractivity contribution in [2.24, 2.45) is 0 Å². The van der Waals surface area contributed by atoms with Crippen molar-refractivity contribution in [3.8, 4) is 0 Å². The standard InChI is InChI=1S/C13H17NO3/c1-17-8-7-14(11-5-6-11)12-4-2-3-10(9-12)13(15)16/h2-4,9,11H,5-8H2,1H3,(H,15,16). The van der Waals surface area contributed by atoms with Gasteiger partial charge in [-0.3, -0.25) is 0 Å². The van der Waals surface area contributed by atoms with Gasteiger partial charge in [-0.25, -0.2) is 4.79 Å². The third-order valence-electron chi connectivity index (χ3n) is 2.95. The quantitative estimate of drug-likeness (QED) is 0.819. The molecule has 1 aliphatic rings. The number of ether oxygens (including phenoxy) is 1. The first-order chi connectivity index (χ1) is 8.22. The lowest BCUT2D eigenvalue weighted by Crippen LogP contribution is -2.29. The van der Waals surface area contributed by atoms with Crippen LogP contribution in [-0.2, 0) is 4.74 Å². The summed E-state index contributed by atoms with van der Waals surface area (Å²) in [5.74, 6) is -0.880. The van der Waals surface area contributed by atoms with E-state index in [0.29, 0.717) is 18.2 Å². The van der Waals surface area contributed by atoms with E-state index in [1.54, 1.807) is 25.3 Å². The average molecular weight is 235 g/mol. The largest absolute Gasteiger partial charge is 0.478 e. The van der Waals surface area contributed by atoms with Gasteiger partial charge < -0.3 is 14.7 Å². The van der Waals surface area contributed by atoms with Gasteiger partial charge in [-0.1, -0.05) is 6.07 Å². The molecule has 17 heavy (non-hydrogen) atoms. The van der Waals surface area contributed by atoms with E-state index in [4.69, 9.17) is 9.84 Å². The van der Waals surface area contributed by atoms with Crippen LogP contribution >= 0.6 is 0 Å². The molecule has 2 rings (SSSR count). The second kappa shape index (κ2) is 5.19. The van der Waals surface area contributed by atoms with E-state index in [-0.39, 0.29) is 0 Å². The van der Waals surface area contributed by atoms with Crippen molar-refractivity contribution < 1.29 is 14.6 Å². The van der Waals surface area contributed by atoms with Crippen LogP contribution in [0, 0.1) is 0 Å². The molecule has 0 aromatic heterocycles. The highest BCUT2D eigenvalue weighted by atomic mass is 16.5. The first-order valence-electron chi connectivity index (χ1n) is 5.81. The molecule has 4 nitrogen and oxygen atoms in total. The van der Waals surface area contributed by atoms with E-state index in [9.17, 15) is 4.79 Å². The van der Waals surface area contributed by atoms with Gasteiger partial charge in [0, 0.05) is 25.4 Å². The predicted molar refractivity (Wildman–Crippen MR) is 65.6 cm³/mol. The van der Waals surface area contributed by atoms with Crippen molar-refractivity contribution in [2.75, 3.05) is 25.2 Å². The SMILES string of the molecule is COCCN(c1cccc(C(=O)O)c1)C1CC1. The molecule has 1 N–H and O–H groups in total. The van der Waals surface area contributed by atoms with Crippen molar-refractivity contribution in [1.29, 1.82) is 0 Å². The van der Waals surface area contributed by atoms with Gasteiger partial charge in [0.1, 0.15) is 0 Å². The second-order valence-corrected chi connectivity index (χ2v) is 4.27.